The molecule has 3 rings (SSSR count). The van der Waals surface area contributed by atoms with E-state index in [9.17, 15) is 43.8 Å². The number of fused-ring (bicyclic) bond motifs is 1. The van der Waals surface area contributed by atoms with Gasteiger partial charge in [-0.3, -0.25) is 19.3 Å². The van der Waals surface area contributed by atoms with Crippen molar-refractivity contribution < 1.29 is 58.0 Å². The molecule has 3 heterocycles. The lowest BCUT2D eigenvalue weighted by Crippen LogP contribution is -2.82. The lowest BCUT2D eigenvalue weighted by molar-refractivity contribution is -0.223. The summed E-state index contributed by atoms with van der Waals surface area (Å²) in [5.74, 6) is -5.90. The Hall–Kier alpha value is -3.29. The number of β-lactam (4-membered cyclic amide) rings is 1. The summed E-state index contributed by atoms with van der Waals surface area (Å²) in [6.07, 6.45) is -3.68. The molecule has 5 amide bonds. The lowest BCUT2D eigenvalue weighted by Gasteiger charge is -2.58. The van der Waals surface area contributed by atoms with E-state index in [0.29, 0.717) is 9.78 Å². The van der Waals surface area contributed by atoms with Crippen LogP contribution < -0.4 is 11.1 Å². The van der Waals surface area contributed by atoms with Crippen LogP contribution in [0, 0.1) is 0 Å². The van der Waals surface area contributed by atoms with Gasteiger partial charge in [0.25, 0.3) is 11.6 Å². The standard InChI is InChI=1S/C25H27Cl3N4O12S2/c1-42-25(20(39)31-17(19(37)38)12(9-43-22(29)40)10-46-21(25)31)32(16(34)8-13-4-3-7-45-13)15(33)6-2-5-14(18(35)36)30-23(41)44-11-24(26,27)28/h3-4,7,14,21H,2,5-6,8-11H2,1H3,(H2,29,40)(H,30,41)(H,35,36)(H,37,38)/t14?,21-,25-/m0/s1. The van der Waals surface area contributed by atoms with Crippen molar-refractivity contribution in [2.24, 2.45) is 5.73 Å². The molecule has 0 bridgehead atoms. The Morgan fingerprint density at radius 3 is 2.43 bits per heavy atom. The minimum Gasteiger partial charge on any atom is -0.480 e. The molecule has 0 aromatic carbocycles. The molecule has 5 N–H and O–H groups in total. The number of nitrogens with zero attached hydrogens (tertiary/aromatic N) is 2. The summed E-state index contributed by atoms with van der Waals surface area (Å²) in [5.41, 5.74) is 2.26. The van der Waals surface area contributed by atoms with Crippen LogP contribution in [0.2, 0.25) is 0 Å². The van der Waals surface area contributed by atoms with E-state index in [2.05, 4.69) is 10.1 Å². The third kappa shape index (κ3) is 8.54. The van der Waals surface area contributed by atoms with E-state index in [4.69, 9.17) is 50.0 Å². The van der Waals surface area contributed by atoms with Crippen molar-refractivity contribution in [1.29, 1.82) is 0 Å². The number of hydrogen-bond donors (Lipinski definition) is 4. The highest BCUT2D eigenvalue weighted by molar-refractivity contribution is 8.00. The second-order valence-corrected chi connectivity index (χ2v) is 14.2. The molecule has 252 valence electrons. The molecule has 1 saturated heterocycles. The number of alkyl carbamates (subject to hydrolysis) is 1. The van der Waals surface area contributed by atoms with Gasteiger partial charge in [-0.15, -0.1) is 23.1 Å². The number of thioether (sulfide) groups is 1. The number of ether oxygens (including phenoxy) is 3. The van der Waals surface area contributed by atoms with Crippen LogP contribution in [0.3, 0.4) is 0 Å². The molecule has 3 atom stereocenters. The van der Waals surface area contributed by atoms with Crippen molar-refractivity contribution >= 4 is 99.7 Å². The van der Waals surface area contributed by atoms with Crippen LogP contribution in [0.15, 0.2) is 28.8 Å². The molecule has 0 spiro atoms. The first kappa shape index (κ1) is 37.2. The number of carboxylic acid groups (broad SMARTS) is 2. The van der Waals surface area contributed by atoms with E-state index in [1.165, 1.54) is 11.3 Å². The lowest BCUT2D eigenvalue weighted by atomic mass is 9.94. The molecule has 1 aromatic rings. The number of carbonyl (C=O) groups excluding carboxylic acids is 5. The van der Waals surface area contributed by atoms with Gasteiger partial charge in [0.05, 0.1) is 6.42 Å². The van der Waals surface area contributed by atoms with Gasteiger partial charge < -0.3 is 35.5 Å². The number of primary amides is 1. The van der Waals surface area contributed by atoms with Crippen molar-refractivity contribution in [3.05, 3.63) is 33.7 Å². The summed E-state index contributed by atoms with van der Waals surface area (Å²) in [5, 5.41) is 22.0. The molecule has 46 heavy (non-hydrogen) atoms. The summed E-state index contributed by atoms with van der Waals surface area (Å²) < 4.78 is 13.0. The molecule has 1 unspecified atom stereocenters. The number of nitrogens with two attached hydrogens (primary N) is 1. The number of rotatable bonds is 14. The number of methoxy groups -OCH3 is 1. The second-order valence-electron chi connectivity index (χ2n) is 9.60. The van der Waals surface area contributed by atoms with Gasteiger partial charge in [-0.05, 0) is 24.3 Å². The van der Waals surface area contributed by atoms with Crippen LogP contribution in [0.4, 0.5) is 9.59 Å². The number of alkyl halides is 3. The fraction of sp³-hybridized carbons (Fsp3) is 0.480. The van der Waals surface area contributed by atoms with Crippen LogP contribution in [0.1, 0.15) is 24.1 Å². The number of amides is 5. The number of thiophene rings is 1. The first-order valence-corrected chi connectivity index (χ1v) is 16.1. The summed E-state index contributed by atoms with van der Waals surface area (Å²) in [6.45, 7) is -1.19. The summed E-state index contributed by atoms with van der Waals surface area (Å²) in [6, 6.07) is 1.77. The topological polar surface area (TPSA) is 232 Å². The van der Waals surface area contributed by atoms with E-state index < -0.39 is 88.1 Å². The first-order chi connectivity index (χ1) is 21.5. The van der Waals surface area contributed by atoms with Crippen LogP contribution in [-0.2, 0) is 44.6 Å². The van der Waals surface area contributed by atoms with Crippen LogP contribution in [0.5, 0.6) is 0 Å². The van der Waals surface area contributed by atoms with E-state index in [0.717, 1.165) is 23.8 Å². The number of imide groups is 1. The number of carboxylic acids is 2. The Labute approximate surface area is 284 Å². The molecule has 2 aliphatic rings. The fourth-order valence-corrected chi connectivity index (χ4v) is 6.95. The van der Waals surface area contributed by atoms with E-state index in [1.54, 1.807) is 17.5 Å². The SMILES string of the molecule is CO[C@@]1(N(C(=O)CCCC(NC(=O)OCC(Cl)(Cl)Cl)C(=O)O)C(=O)Cc2cccs2)C(=O)N2C(C(=O)O)=C(COC(N)=O)CS[C@H]21. The van der Waals surface area contributed by atoms with Crippen LogP contribution >= 0.6 is 57.9 Å². The monoisotopic (exact) mass is 744 g/mol. The predicted octanol–water partition coefficient (Wildman–Crippen LogP) is 2.06. The zero-order valence-corrected chi connectivity index (χ0v) is 27.6. The maximum absolute atomic E-state index is 13.8. The van der Waals surface area contributed by atoms with Crippen LogP contribution in [-0.4, -0.2) is 109 Å². The smallest absolute Gasteiger partial charge is 0.407 e. The van der Waals surface area contributed by atoms with E-state index in [-0.39, 0.29) is 30.6 Å². The Kier molecular flexibility index (Phi) is 12.6. The van der Waals surface area contributed by atoms with Gasteiger partial charge in [-0.25, -0.2) is 24.1 Å². The average Bonchev–Trinajstić information content (AvgIpc) is 3.48. The minimum atomic E-state index is -2.27. The molecular formula is C25H27Cl3N4O12S2. The highest BCUT2D eigenvalue weighted by Gasteiger charge is 2.71. The van der Waals surface area contributed by atoms with Gasteiger partial charge >= 0.3 is 24.1 Å². The number of aliphatic carboxylic acids is 2. The molecule has 21 heteroatoms. The molecule has 16 nitrogen and oxygen atoms in total. The molecule has 1 fully saturated rings. The Bertz CT molecular complexity index is 1420. The highest BCUT2D eigenvalue weighted by atomic mass is 35.6. The van der Waals surface area contributed by atoms with Crippen LogP contribution in [0.25, 0.3) is 0 Å². The number of hydrogen-bond acceptors (Lipinski definition) is 12. The average molecular weight is 746 g/mol. The summed E-state index contributed by atoms with van der Waals surface area (Å²) >= 11 is 18.7. The second kappa shape index (κ2) is 15.5. The van der Waals surface area contributed by atoms with Crippen molar-refractivity contribution in [2.75, 3.05) is 26.1 Å². The maximum atomic E-state index is 13.8. The Balaban J connectivity index is 1.85. The quantitative estimate of drug-likeness (QED) is 0.122. The van der Waals surface area contributed by atoms with Gasteiger partial charge in [0, 0.05) is 29.7 Å². The highest BCUT2D eigenvalue weighted by Crippen LogP contribution is 2.50. The van der Waals surface area contributed by atoms with Gasteiger partial charge in [0.2, 0.25) is 15.6 Å². The number of halogens is 3. The molecule has 0 radical (unpaired) electrons. The van der Waals surface area contributed by atoms with Gasteiger partial charge in [-0.2, -0.15) is 0 Å². The van der Waals surface area contributed by atoms with Gasteiger partial charge in [-0.1, -0.05) is 40.9 Å². The summed E-state index contributed by atoms with van der Waals surface area (Å²) in [7, 11) is 1.08. The largest absolute Gasteiger partial charge is 0.480 e. The van der Waals surface area contributed by atoms with Crippen molar-refractivity contribution in [1.82, 2.24) is 15.1 Å². The Morgan fingerprint density at radius 2 is 1.89 bits per heavy atom. The normalized spacial score (nSPS) is 19.8. The molecule has 0 saturated carbocycles. The van der Waals surface area contributed by atoms with Crippen molar-refractivity contribution in [3.8, 4) is 0 Å². The minimum absolute atomic E-state index is 0.0490. The number of carbonyl (C=O) groups is 7. The molecule has 0 aliphatic carbocycles. The number of nitrogens with one attached hydrogen (secondary N) is 1. The zero-order valence-electron chi connectivity index (χ0n) is 23.7. The predicted molar refractivity (Wildman–Crippen MR) is 163 cm³/mol. The maximum Gasteiger partial charge on any atom is 0.407 e. The fourth-order valence-electron chi connectivity index (χ4n) is 4.63. The van der Waals surface area contributed by atoms with Crippen molar-refractivity contribution in [2.45, 2.75) is 46.6 Å². The van der Waals surface area contributed by atoms with Gasteiger partial charge in [0.15, 0.2) is 0 Å². The third-order valence-electron chi connectivity index (χ3n) is 6.57. The summed E-state index contributed by atoms with van der Waals surface area (Å²) in [4.78, 5) is 90.2. The molecular weight excluding hydrogens is 719 g/mol. The Morgan fingerprint density at radius 1 is 1.20 bits per heavy atom. The van der Waals surface area contributed by atoms with E-state index in [1.807, 2.05) is 0 Å². The van der Waals surface area contributed by atoms with Gasteiger partial charge in [0.1, 0.15) is 30.3 Å². The first-order valence-electron chi connectivity index (χ1n) is 13.0. The third-order valence-corrected chi connectivity index (χ3v) is 9.13. The van der Waals surface area contributed by atoms with Crippen molar-refractivity contribution in [3.63, 3.8) is 0 Å². The van der Waals surface area contributed by atoms with E-state index >= 15 is 0 Å². The molecule has 1 aromatic heterocycles. The zero-order chi connectivity index (χ0) is 34.4. The molecule has 2 aliphatic heterocycles.